The van der Waals surface area contributed by atoms with Crippen LogP contribution in [0.25, 0.3) is 0 Å². The summed E-state index contributed by atoms with van der Waals surface area (Å²) in [6.45, 7) is 11.5. The SMILES string of the molecule is CC(C)(C)OC(=O)N1CC[C@H](N(C(=O)OC(C)(C)C)S(=O)(=O)C2(F)CC2)C1.Cl.O=S(=O)(N[C@H]1CCNC1)C1(F)CC1. The average Bonchev–Trinajstić information content (AvgIpc) is 3.57. The molecule has 2 amide bonds. The van der Waals surface area contributed by atoms with Gasteiger partial charge in [-0.05, 0) is 60.9 Å². The van der Waals surface area contributed by atoms with Gasteiger partial charge in [-0.1, -0.05) is 0 Å². The standard InChI is InChI=1S/C17H29FN2O6S.C7H13FN2O2S.ClH/c1-15(2,3)25-13(21)19-10-7-12(11-19)20(14(22)26-16(4,5)6)27(23,24)17(18)8-9-17;8-7(2-3-7)13(11,12)10-6-1-4-9-5-6;/h12H,7-11H2,1-6H3;6,9-10H,1-5H2;1H/t12-;6-;/m00./s1. The second-order valence-electron chi connectivity index (χ2n) is 12.7. The number of hydrogen-bond acceptors (Lipinski definition) is 9. The lowest BCUT2D eigenvalue weighted by Gasteiger charge is -2.32. The molecule has 0 unspecified atom stereocenters. The van der Waals surface area contributed by atoms with Crippen LogP contribution in [0.1, 0.15) is 80.1 Å². The number of likely N-dealkylation sites (tertiary alicyclic amines) is 1. The minimum absolute atomic E-state index is 0. The summed E-state index contributed by atoms with van der Waals surface area (Å²) in [4.78, 5) is 26.1. The Morgan fingerprint density at radius 1 is 0.927 bits per heavy atom. The number of ether oxygens (including phenoxy) is 2. The van der Waals surface area contributed by atoms with Crippen LogP contribution >= 0.6 is 12.4 Å². The first kappa shape index (κ1) is 35.7. The first-order chi connectivity index (χ1) is 18.1. The lowest BCUT2D eigenvalue weighted by atomic mass is 10.2. The maximum absolute atomic E-state index is 14.5. The van der Waals surface area contributed by atoms with E-state index in [0.29, 0.717) is 10.8 Å². The molecule has 4 rings (SSSR count). The summed E-state index contributed by atoms with van der Waals surface area (Å²) in [6.07, 6.45) is -0.821. The number of alkyl halides is 2. The van der Waals surface area contributed by atoms with Crippen LogP contribution in [-0.4, -0.2) is 97.7 Å². The van der Waals surface area contributed by atoms with Gasteiger partial charge in [0.25, 0.3) is 10.0 Å². The summed E-state index contributed by atoms with van der Waals surface area (Å²) in [5.74, 6) is 0. The molecule has 2 N–H and O–H groups in total. The van der Waals surface area contributed by atoms with Gasteiger partial charge in [-0.25, -0.2) is 39.9 Å². The smallest absolute Gasteiger partial charge is 0.424 e. The van der Waals surface area contributed by atoms with Gasteiger partial charge in [0.05, 0.1) is 6.04 Å². The molecule has 2 aliphatic heterocycles. The maximum Gasteiger partial charge on any atom is 0.424 e. The molecule has 2 saturated carbocycles. The van der Waals surface area contributed by atoms with Crippen LogP contribution in [0.15, 0.2) is 0 Å². The highest BCUT2D eigenvalue weighted by Gasteiger charge is 2.61. The highest BCUT2D eigenvalue weighted by molar-refractivity contribution is 7.91. The van der Waals surface area contributed by atoms with Gasteiger partial charge < -0.3 is 19.7 Å². The van der Waals surface area contributed by atoms with Crippen LogP contribution in [-0.2, 0) is 29.5 Å². The summed E-state index contributed by atoms with van der Waals surface area (Å²) < 4.78 is 89.4. The third-order valence-corrected chi connectivity index (χ3v) is 10.9. The minimum Gasteiger partial charge on any atom is -0.444 e. The van der Waals surface area contributed by atoms with Crippen molar-refractivity contribution in [3.05, 3.63) is 0 Å². The van der Waals surface area contributed by atoms with Crippen molar-refractivity contribution in [1.82, 2.24) is 19.2 Å². The highest BCUT2D eigenvalue weighted by atomic mass is 35.5. The third kappa shape index (κ3) is 9.00. The second kappa shape index (κ2) is 12.2. The maximum atomic E-state index is 14.5. The van der Waals surface area contributed by atoms with Gasteiger partial charge in [-0.2, -0.15) is 4.31 Å². The van der Waals surface area contributed by atoms with Gasteiger partial charge in [-0.15, -0.1) is 12.4 Å². The summed E-state index contributed by atoms with van der Waals surface area (Å²) in [7, 11) is -8.28. The Bertz CT molecular complexity index is 1180. The molecule has 0 aromatic heterocycles. The van der Waals surface area contributed by atoms with Crippen molar-refractivity contribution in [3.8, 4) is 0 Å². The van der Waals surface area contributed by atoms with Gasteiger partial charge in [0.1, 0.15) is 11.2 Å². The molecule has 0 bridgehead atoms. The molecule has 17 heteroatoms. The zero-order chi connectivity index (χ0) is 30.4. The van der Waals surface area contributed by atoms with Crippen molar-refractivity contribution in [2.45, 2.75) is 113 Å². The van der Waals surface area contributed by atoms with E-state index in [1.165, 1.54) is 4.90 Å². The van der Waals surface area contributed by atoms with E-state index in [4.69, 9.17) is 9.47 Å². The molecule has 0 aromatic carbocycles. The Hall–Kier alpha value is -1.49. The zero-order valence-corrected chi connectivity index (χ0v) is 26.8. The van der Waals surface area contributed by atoms with Crippen LogP contribution < -0.4 is 10.0 Å². The minimum atomic E-state index is -4.55. The quantitative estimate of drug-likeness (QED) is 0.441. The van der Waals surface area contributed by atoms with E-state index in [1.807, 2.05) is 0 Å². The topological polar surface area (TPSA) is 151 Å². The zero-order valence-electron chi connectivity index (χ0n) is 24.4. The average molecular weight is 653 g/mol. The fourth-order valence-electron chi connectivity index (χ4n) is 4.16. The van der Waals surface area contributed by atoms with Crippen molar-refractivity contribution in [1.29, 1.82) is 0 Å². The molecular formula is C24H43ClF2N4O8S2. The number of carbonyl (C=O) groups is 2. The number of hydrogen-bond donors (Lipinski definition) is 2. The van der Waals surface area contributed by atoms with Crippen LogP contribution in [0.5, 0.6) is 0 Å². The summed E-state index contributed by atoms with van der Waals surface area (Å²) in [6, 6.07) is -1.02. The lowest BCUT2D eigenvalue weighted by molar-refractivity contribution is 0.0243. The van der Waals surface area contributed by atoms with Crippen molar-refractivity contribution in [2.75, 3.05) is 26.2 Å². The fourth-order valence-corrected chi connectivity index (χ4v) is 7.41. The first-order valence-corrected chi connectivity index (χ1v) is 16.4. The van der Waals surface area contributed by atoms with Gasteiger partial charge in [-0.3, -0.25) is 0 Å². The van der Waals surface area contributed by atoms with Crippen molar-refractivity contribution in [3.63, 3.8) is 0 Å². The number of carbonyl (C=O) groups excluding carboxylic acids is 2. The molecule has 2 atom stereocenters. The monoisotopic (exact) mass is 652 g/mol. The van der Waals surface area contributed by atoms with E-state index in [2.05, 4.69) is 10.0 Å². The third-order valence-electron chi connectivity index (χ3n) is 6.59. The second-order valence-corrected chi connectivity index (χ2v) is 16.8. The molecule has 2 aliphatic carbocycles. The molecular weight excluding hydrogens is 610 g/mol. The number of amides is 2. The van der Waals surface area contributed by atoms with Crippen LogP contribution in [0.2, 0.25) is 0 Å². The molecule has 12 nitrogen and oxygen atoms in total. The van der Waals surface area contributed by atoms with Crippen LogP contribution in [0.4, 0.5) is 18.4 Å². The van der Waals surface area contributed by atoms with E-state index in [-0.39, 0.29) is 63.6 Å². The molecule has 0 spiro atoms. The van der Waals surface area contributed by atoms with Gasteiger partial charge in [0, 0.05) is 51.4 Å². The molecule has 2 saturated heterocycles. The predicted octanol–water partition coefficient (Wildman–Crippen LogP) is 3.17. The predicted molar refractivity (Wildman–Crippen MR) is 150 cm³/mol. The van der Waals surface area contributed by atoms with Gasteiger partial charge in [0.2, 0.25) is 20.0 Å². The number of nitrogens with zero attached hydrogens (tertiary/aromatic N) is 2. The Balaban J connectivity index is 0.000000350. The number of rotatable bonds is 6. The molecule has 4 fully saturated rings. The Morgan fingerprint density at radius 3 is 1.90 bits per heavy atom. The first-order valence-electron chi connectivity index (χ1n) is 13.4. The van der Waals surface area contributed by atoms with Crippen molar-refractivity contribution < 1.29 is 44.7 Å². The van der Waals surface area contributed by atoms with Crippen LogP contribution in [0, 0.1) is 0 Å². The highest BCUT2D eigenvalue weighted by Crippen LogP contribution is 2.48. The van der Waals surface area contributed by atoms with E-state index < -0.39 is 59.5 Å². The molecule has 41 heavy (non-hydrogen) atoms. The van der Waals surface area contributed by atoms with E-state index in [1.54, 1.807) is 41.5 Å². The van der Waals surface area contributed by atoms with Crippen molar-refractivity contribution >= 4 is 44.6 Å². The fraction of sp³-hybridized carbons (Fsp3) is 0.917. The molecule has 240 valence electrons. The molecule has 0 aromatic rings. The number of sulfonamides is 2. The van der Waals surface area contributed by atoms with Gasteiger partial charge >= 0.3 is 12.2 Å². The molecule has 0 radical (unpaired) electrons. The molecule has 4 aliphatic rings. The Kier molecular flexibility index (Phi) is 10.7. The van der Waals surface area contributed by atoms with Gasteiger partial charge in [0.15, 0.2) is 0 Å². The van der Waals surface area contributed by atoms with Crippen LogP contribution in [0.3, 0.4) is 0 Å². The van der Waals surface area contributed by atoms with E-state index in [9.17, 15) is 35.2 Å². The molecule has 2 heterocycles. The summed E-state index contributed by atoms with van der Waals surface area (Å²) in [5, 5.41) is -1.39. The van der Waals surface area contributed by atoms with E-state index >= 15 is 0 Å². The van der Waals surface area contributed by atoms with Crippen molar-refractivity contribution in [2.24, 2.45) is 0 Å². The normalized spacial score (nSPS) is 24.8. The number of halogens is 3. The Labute approximate surface area is 247 Å². The Morgan fingerprint density at radius 2 is 1.46 bits per heavy atom. The largest absolute Gasteiger partial charge is 0.444 e. The number of nitrogens with one attached hydrogen (secondary N) is 2. The lowest BCUT2D eigenvalue weighted by Crippen LogP contribution is -2.51. The summed E-state index contributed by atoms with van der Waals surface area (Å²) in [5.41, 5.74) is -1.65. The summed E-state index contributed by atoms with van der Waals surface area (Å²) >= 11 is 0. The van der Waals surface area contributed by atoms with E-state index in [0.717, 1.165) is 13.0 Å².